The summed E-state index contributed by atoms with van der Waals surface area (Å²) in [6.07, 6.45) is 7.24. The minimum atomic E-state index is -0.460. The summed E-state index contributed by atoms with van der Waals surface area (Å²) >= 11 is 33.5. The van der Waals surface area contributed by atoms with Crippen LogP contribution in [0.1, 0.15) is 16.7 Å². The van der Waals surface area contributed by atoms with Gasteiger partial charge in [0, 0.05) is 59.2 Å². The lowest BCUT2D eigenvalue weighted by atomic mass is 10.0. The molecule has 4 amide bonds. The molecule has 0 radical (unpaired) electrons. The largest absolute Gasteiger partial charge is 0.495 e. The Morgan fingerprint density at radius 2 is 1.37 bits per heavy atom. The lowest BCUT2D eigenvalue weighted by Gasteiger charge is -2.35. The number of nitrogens with one attached hydrogen (secondary N) is 4. The maximum Gasteiger partial charge on any atom is 0.330 e. The summed E-state index contributed by atoms with van der Waals surface area (Å²) in [7, 11) is 5.94. The van der Waals surface area contributed by atoms with Crippen LogP contribution in [0.2, 0.25) is 25.1 Å². The van der Waals surface area contributed by atoms with Crippen LogP contribution in [0.3, 0.4) is 0 Å². The van der Waals surface area contributed by atoms with Gasteiger partial charge in [-0.05, 0) is 73.0 Å². The van der Waals surface area contributed by atoms with Crippen molar-refractivity contribution in [1.29, 1.82) is 0 Å². The predicted octanol–water partition coefficient (Wildman–Crippen LogP) is 12.8. The Balaban J connectivity index is 0.949. The number of ether oxygens (including phenoxy) is 4. The van der Waals surface area contributed by atoms with Crippen molar-refractivity contribution >= 4 is 133 Å². The van der Waals surface area contributed by atoms with Crippen LogP contribution < -0.4 is 50.0 Å². The van der Waals surface area contributed by atoms with Crippen LogP contribution in [0.4, 0.5) is 50.9 Å². The molecule has 8 rings (SSSR count). The normalized spacial score (nSPS) is 12.1. The molecule has 0 unspecified atom stereocenters. The summed E-state index contributed by atoms with van der Waals surface area (Å²) in [5.74, 6) is 1.05. The summed E-state index contributed by atoms with van der Waals surface area (Å²) in [6.45, 7) is 7.21. The second kappa shape index (κ2) is 22.1. The van der Waals surface area contributed by atoms with E-state index in [-0.39, 0.29) is 68.1 Å². The number of para-hydroxylation sites is 1. The number of methoxy groups -OCH3 is 3. The third-order valence-corrected chi connectivity index (χ3v) is 13.1. The van der Waals surface area contributed by atoms with Gasteiger partial charge in [-0.3, -0.25) is 19.4 Å². The van der Waals surface area contributed by atoms with Crippen molar-refractivity contribution in [2.45, 2.75) is 20.4 Å². The Morgan fingerprint density at radius 3 is 2.07 bits per heavy atom. The molecule has 1 aliphatic rings. The van der Waals surface area contributed by atoms with Gasteiger partial charge in [-0.1, -0.05) is 82.8 Å². The van der Waals surface area contributed by atoms with Gasteiger partial charge in [0.05, 0.1) is 71.9 Å². The maximum absolute atomic E-state index is 13.8. The van der Waals surface area contributed by atoms with Gasteiger partial charge in [0.2, 0.25) is 23.7 Å². The second-order valence-corrected chi connectivity index (χ2v) is 18.0. The number of carbonyl (C=O) groups is 3. The van der Waals surface area contributed by atoms with Crippen LogP contribution >= 0.6 is 58.0 Å². The van der Waals surface area contributed by atoms with Crippen molar-refractivity contribution in [2.24, 2.45) is 0 Å². The SMILES string of the molecule is C=CC(=O)Nc1cc(Cl)cc(C)c1Nc1ncc2cc(-c3c(Cl)c(OC)cc(OCC=CC(=O)Nc4cccc(C)c4Nc4ncc5c(n4)N(C)C(=O)N(c4c(Cl)c(OC)cc(OC)c4Cl)C5)c3Cl)ccc2n1. The van der Waals surface area contributed by atoms with Gasteiger partial charge in [0.1, 0.15) is 45.5 Å². The number of amides is 4. The highest BCUT2D eigenvalue weighted by molar-refractivity contribution is 6.42. The van der Waals surface area contributed by atoms with E-state index >= 15 is 0 Å². The number of fused-ring (bicyclic) bond motifs is 2. The Bertz CT molecular complexity index is 3390. The quantitative estimate of drug-likeness (QED) is 0.0668. The molecule has 0 atom stereocenters. The summed E-state index contributed by atoms with van der Waals surface area (Å²) in [6, 6.07) is 16.8. The Hall–Kier alpha value is -7.54. The molecule has 22 heteroatoms. The number of urea groups is 1. The maximum atomic E-state index is 13.8. The smallest absolute Gasteiger partial charge is 0.330 e. The topological polar surface area (TPSA) is 194 Å². The fourth-order valence-corrected chi connectivity index (χ4v) is 9.49. The zero-order valence-electron chi connectivity index (χ0n) is 39.7. The number of anilines is 8. The van der Waals surface area contributed by atoms with E-state index in [0.717, 1.165) is 17.2 Å². The predicted molar refractivity (Wildman–Crippen MR) is 289 cm³/mol. The molecule has 73 heavy (non-hydrogen) atoms. The molecule has 0 fully saturated rings. The molecule has 0 spiro atoms. The highest BCUT2D eigenvalue weighted by atomic mass is 35.5. The zero-order chi connectivity index (χ0) is 52.2. The van der Waals surface area contributed by atoms with Crippen molar-refractivity contribution < 1.29 is 33.3 Å². The van der Waals surface area contributed by atoms with E-state index in [1.165, 1.54) is 43.3 Å². The highest BCUT2D eigenvalue weighted by Gasteiger charge is 2.35. The van der Waals surface area contributed by atoms with Gasteiger partial charge < -0.3 is 40.2 Å². The van der Waals surface area contributed by atoms with Gasteiger partial charge in [-0.15, -0.1) is 0 Å². The Morgan fingerprint density at radius 1 is 0.740 bits per heavy atom. The molecule has 17 nitrogen and oxygen atoms in total. The first-order valence-corrected chi connectivity index (χ1v) is 23.7. The van der Waals surface area contributed by atoms with E-state index in [1.54, 1.807) is 68.0 Å². The van der Waals surface area contributed by atoms with E-state index < -0.39 is 17.8 Å². The van der Waals surface area contributed by atoms with Crippen LogP contribution in [-0.2, 0) is 16.1 Å². The van der Waals surface area contributed by atoms with Crippen LogP contribution in [0, 0.1) is 13.8 Å². The van der Waals surface area contributed by atoms with Crippen LogP contribution in [0.25, 0.3) is 22.0 Å². The number of benzene rings is 5. The first-order chi connectivity index (χ1) is 35.0. The molecule has 4 N–H and O–H groups in total. The third-order valence-electron chi connectivity index (χ3n) is 11.4. The molecule has 3 heterocycles. The zero-order valence-corrected chi connectivity index (χ0v) is 43.5. The van der Waals surface area contributed by atoms with Gasteiger partial charge in [0.15, 0.2) is 0 Å². The number of aromatic nitrogens is 4. The highest BCUT2D eigenvalue weighted by Crippen LogP contribution is 2.49. The monoisotopic (exact) mass is 1080 g/mol. The first kappa shape index (κ1) is 51.8. The van der Waals surface area contributed by atoms with Gasteiger partial charge >= 0.3 is 6.03 Å². The summed E-state index contributed by atoms with van der Waals surface area (Å²) in [5, 5.41) is 13.9. The molecule has 0 aliphatic carbocycles. The molecule has 0 saturated carbocycles. The number of halogens is 5. The van der Waals surface area contributed by atoms with Crippen molar-refractivity contribution in [1.82, 2.24) is 19.9 Å². The Kier molecular flexibility index (Phi) is 15.7. The third kappa shape index (κ3) is 10.8. The fourth-order valence-electron chi connectivity index (χ4n) is 7.82. The summed E-state index contributed by atoms with van der Waals surface area (Å²) in [5.41, 5.74) is 5.98. The molecule has 0 saturated heterocycles. The minimum Gasteiger partial charge on any atom is -0.495 e. The molecular formula is C51H43Cl5N10O7. The van der Waals surface area contributed by atoms with Gasteiger partial charge in [-0.25, -0.2) is 19.7 Å². The number of hydrogen-bond acceptors (Lipinski definition) is 13. The van der Waals surface area contributed by atoms with Crippen LogP contribution in [-0.4, -0.2) is 72.8 Å². The summed E-state index contributed by atoms with van der Waals surface area (Å²) in [4.78, 5) is 60.5. The number of nitrogens with zero attached hydrogens (tertiary/aromatic N) is 6. The summed E-state index contributed by atoms with van der Waals surface area (Å²) < 4.78 is 22.5. The van der Waals surface area contributed by atoms with E-state index in [9.17, 15) is 14.4 Å². The minimum absolute atomic E-state index is 0.0473. The van der Waals surface area contributed by atoms with Gasteiger partial charge in [0.25, 0.3) is 0 Å². The number of rotatable bonds is 16. The Labute approximate surface area is 444 Å². The molecule has 5 aromatic carbocycles. The first-order valence-electron chi connectivity index (χ1n) is 21.9. The molecule has 0 bridgehead atoms. The van der Waals surface area contributed by atoms with E-state index in [1.807, 2.05) is 26.0 Å². The molecule has 7 aromatic rings. The van der Waals surface area contributed by atoms with Crippen molar-refractivity contribution in [2.75, 3.05) is 66.1 Å². The number of carbonyl (C=O) groups excluding carboxylic acids is 3. The van der Waals surface area contributed by atoms with E-state index in [2.05, 4.69) is 47.8 Å². The molecule has 1 aliphatic heterocycles. The number of aryl methyl sites for hydroxylation is 2. The van der Waals surface area contributed by atoms with Gasteiger partial charge in [-0.2, -0.15) is 4.98 Å². The fraction of sp³-hybridized carbons (Fsp3) is 0.157. The molecular weight excluding hydrogens is 1040 g/mol. The van der Waals surface area contributed by atoms with Crippen molar-refractivity contribution in [3.8, 4) is 34.1 Å². The average molecular weight is 1090 g/mol. The lowest BCUT2D eigenvalue weighted by Crippen LogP contribution is -2.46. The van der Waals surface area contributed by atoms with Crippen LogP contribution in [0.15, 0.2) is 97.9 Å². The van der Waals surface area contributed by atoms with E-state index in [0.29, 0.717) is 66.9 Å². The van der Waals surface area contributed by atoms with E-state index in [4.69, 9.17) is 77.0 Å². The average Bonchev–Trinajstić information content (AvgIpc) is 3.37. The number of hydrogen-bond donors (Lipinski definition) is 4. The lowest BCUT2D eigenvalue weighted by molar-refractivity contribution is -0.112. The van der Waals surface area contributed by atoms with Crippen molar-refractivity contribution in [3.63, 3.8) is 0 Å². The molecule has 2 aromatic heterocycles. The molecule has 374 valence electrons. The van der Waals surface area contributed by atoms with Crippen molar-refractivity contribution in [3.05, 3.63) is 140 Å². The van der Waals surface area contributed by atoms with Crippen LogP contribution in [0.5, 0.6) is 23.0 Å². The standard InChI is InChI=1S/C51H43Cl5N10O7/c1-8-38(67)60-33-19-30(52)17-26(3)46(33)63-49-57-22-28-18-27(14-15-31(28)61-49)40-41(53)34(70-5)21-37(42(40)54)73-16-10-13-39(68)59-32-12-9-11-25(2)45(32)62-50-58-23-29-24-66(51(69)65(4)48(29)64-50)47-43(55)35(71-6)20-36(72-7)44(47)56/h8-15,17-23H,1,16,24H2,2-7H3,(H,59,68)(H,60,67)(H,57,61,63)(H,58,62,64). The second-order valence-electron chi connectivity index (χ2n) is 16.1.